The molecular weight excluding hydrogens is 374 g/mol. The molecule has 1 aliphatic rings. The van der Waals surface area contributed by atoms with E-state index in [1.807, 2.05) is 41.1 Å². The van der Waals surface area contributed by atoms with Gasteiger partial charge in [0.1, 0.15) is 0 Å². The molecule has 0 unspecified atom stereocenters. The van der Waals surface area contributed by atoms with Crippen molar-refractivity contribution in [3.63, 3.8) is 0 Å². The zero-order chi connectivity index (χ0) is 20.3. The SMILES string of the molecule is CC(C)N(C)CC(=O)N1CCc2nc(C(=O)NCc3cccs3)n(C)c2CC1. The van der Waals surface area contributed by atoms with Gasteiger partial charge in [0.15, 0.2) is 5.82 Å². The summed E-state index contributed by atoms with van der Waals surface area (Å²) in [5.41, 5.74) is 1.98. The van der Waals surface area contributed by atoms with Gasteiger partial charge in [-0.1, -0.05) is 6.07 Å². The second kappa shape index (κ2) is 8.87. The molecule has 7 nitrogen and oxygen atoms in total. The van der Waals surface area contributed by atoms with Crippen LogP contribution < -0.4 is 5.32 Å². The Morgan fingerprint density at radius 1 is 1.32 bits per heavy atom. The maximum atomic E-state index is 12.6. The lowest BCUT2D eigenvalue weighted by Crippen LogP contribution is -2.42. The fraction of sp³-hybridized carbons (Fsp3) is 0.550. The standard InChI is InChI=1S/C20H29N5O2S/c1-14(2)23(3)13-18(26)25-9-7-16-17(8-10-25)24(4)19(22-16)20(27)21-12-15-6-5-11-28-15/h5-6,11,14H,7-10,12-13H2,1-4H3,(H,21,27). The summed E-state index contributed by atoms with van der Waals surface area (Å²) in [5, 5.41) is 4.94. The number of fused-ring (bicyclic) bond motifs is 1. The van der Waals surface area contributed by atoms with E-state index in [-0.39, 0.29) is 11.8 Å². The van der Waals surface area contributed by atoms with Crippen LogP contribution in [-0.2, 0) is 31.2 Å². The van der Waals surface area contributed by atoms with E-state index in [9.17, 15) is 9.59 Å². The molecular formula is C20H29N5O2S. The van der Waals surface area contributed by atoms with Gasteiger partial charge in [0.25, 0.3) is 5.91 Å². The van der Waals surface area contributed by atoms with Crippen LogP contribution in [0.3, 0.4) is 0 Å². The second-order valence-corrected chi connectivity index (χ2v) is 8.57. The lowest BCUT2D eigenvalue weighted by Gasteiger charge is -2.26. The van der Waals surface area contributed by atoms with Gasteiger partial charge in [0.2, 0.25) is 5.91 Å². The van der Waals surface area contributed by atoms with Crippen LogP contribution in [0.5, 0.6) is 0 Å². The highest BCUT2D eigenvalue weighted by atomic mass is 32.1. The molecule has 0 radical (unpaired) electrons. The minimum Gasteiger partial charge on any atom is -0.344 e. The van der Waals surface area contributed by atoms with Gasteiger partial charge in [-0.25, -0.2) is 4.98 Å². The summed E-state index contributed by atoms with van der Waals surface area (Å²) in [7, 11) is 3.85. The molecule has 1 N–H and O–H groups in total. The number of hydrogen-bond donors (Lipinski definition) is 1. The third-order valence-electron chi connectivity index (χ3n) is 5.36. The van der Waals surface area contributed by atoms with Crippen molar-refractivity contribution in [2.75, 3.05) is 26.7 Å². The van der Waals surface area contributed by atoms with E-state index in [1.165, 1.54) is 0 Å². The zero-order valence-electron chi connectivity index (χ0n) is 17.1. The topological polar surface area (TPSA) is 70.5 Å². The number of nitrogens with zero attached hydrogens (tertiary/aromatic N) is 4. The summed E-state index contributed by atoms with van der Waals surface area (Å²) in [6.07, 6.45) is 1.40. The largest absolute Gasteiger partial charge is 0.344 e. The lowest BCUT2D eigenvalue weighted by molar-refractivity contribution is -0.132. The molecule has 2 amide bonds. The molecule has 28 heavy (non-hydrogen) atoms. The fourth-order valence-corrected chi connectivity index (χ4v) is 3.95. The van der Waals surface area contributed by atoms with Gasteiger partial charge in [-0.2, -0.15) is 0 Å². The summed E-state index contributed by atoms with van der Waals surface area (Å²) >= 11 is 1.62. The van der Waals surface area contributed by atoms with E-state index in [4.69, 9.17) is 0 Å². The Balaban J connectivity index is 1.62. The first-order valence-corrected chi connectivity index (χ1v) is 10.6. The van der Waals surface area contributed by atoms with Crippen LogP contribution in [0.4, 0.5) is 0 Å². The normalized spacial score (nSPS) is 14.3. The lowest BCUT2D eigenvalue weighted by atomic mass is 10.2. The summed E-state index contributed by atoms with van der Waals surface area (Å²) in [6, 6.07) is 4.31. The van der Waals surface area contributed by atoms with Crippen molar-refractivity contribution in [1.82, 2.24) is 24.7 Å². The fourth-order valence-electron chi connectivity index (χ4n) is 3.30. The van der Waals surface area contributed by atoms with E-state index >= 15 is 0 Å². The van der Waals surface area contributed by atoms with Crippen LogP contribution in [0.1, 0.15) is 40.7 Å². The summed E-state index contributed by atoms with van der Waals surface area (Å²) < 4.78 is 1.88. The molecule has 0 spiro atoms. The third-order valence-corrected chi connectivity index (χ3v) is 6.24. The van der Waals surface area contributed by atoms with Gasteiger partial charge in [-0.15, -0.1) is 11.3 Å². The smallest absolute Gasteiger partial charge is 0.287 e. The predicted octanol–water partition coefficient (Wildman–Crippen LogP) is 1.68. The van der Waals surface area contributed by atoms with E-state index < -0.39 is 0 Å². The van der Waals surface area contributed by atoms with Crippen molar-refractivity contribution < 1.29 is 9.59 Å². The van der Waals surface area contributed by atoms with Crippen molar-refractivity contribution in [2.45, 2.75) is 39.3 Å². The minimum absolute atomic E-state index is 0.151. The van der Waals surface area contributed by atoms with E-state index in [0.717, 1.165) is 16.3 Å². The van der Waals surface area contributed by atoms with Gasteiger partial charge in [0.05, 0.1) is 18.8 Å². The highest BCUT2D eigenvalue weighted by Crippen LogP contribution is 2.17. The Bertz CT molecular complexity index is 828. The molecule has 0 saturated heterocycles. The summed E-state index contributed by atoms with van der Waals surface area (Å²) in [5.74, 6) is 0.439. The molecule has 3 rings (SSSR count). The van der Waals surface area contributed by atoms with E-state index in [2.05, 4.69) is 29.0 Å². The molecule has 0 saturated carbocycles. The first-order chi connectivity index (χ1) is 13.4. The Labute approximate surface area is 170 Å². The molecule has 0 fully saturated rings. The van der Waals surface area contributed by atoms with Crippen LogP contribution in [0, 0.1) is 0 Å². The molecule has 152 valence electrons. The van der Waals surface area contributed by atoms with Crippen molar-refractivity contribution in [1.29, 1.82) is 0 Å². The third kappa shape index (κ3) is 4.62. The van der Waals surface area contributed by atoms with Crippen LogP contribution in [-0.4, -0.2) is 63.9 Å². The Morgan fingerprint density at radius 3 is 2.75 bits per heavy atom. The number of imidazole rings is 1. The van der Waals surface area contributed by atoms with Gasteiger partial charge in [-0.05, 0) is 32.3 Å². The van der Waals surface area contributed by atoms with Crippen molar-refractivity contribution in [3.05, 3.63) is 39.6 Å². The number of aromatic nitrogens is 2. The molecule has 3 heterocycles. The number of likely N-dealkylation sites (N-methyl/N-ethyl adjacent to an activating group) is 1. The molecule has 0 aromatic carbocycles. The Hall–Kier alpha value is -2.19. The van der Waals surface area contributed by atoms with E-state index in [0.29, 0.717) is 50.9 Å². The molecule has 0 aliphatic carbocycles. The van der Waals surface area contributed by atoms with Crippen molar-refractivity contribution in [2.24, 2.45) is 7.05 Å². The maximum absolute atomic E-state index is 12.6. The average molecular weight is 404 g/mol. The van der Waals surface area contributed by atoms with Crippen LogP contribution in [0.2, 0.25) is 0 Å². The zero-order valence-corrected chi connectivity index (χ0v) is 17.9. The molecule has 0 bridgehead atoms. The quantitative estimate of drug-likeness (QED) is 0.797. The molecule has 8 heteroatoms. The number of thiophene rings is 1. The van der Waals surface area contributed by atoms with Gasteiger partial charge in [-0.3, -0.25) is 14.5 Å². The van der Waals surface area contributed by atoms with Crippen LogP contribution in [0.25, 0.3) is 0 Å². The predicted molar refractivity (Wildman–Crippen MR) is 110 cm³/mol. The van der Waals surface area contributed by atoms with Gasteiger partial charge < -0.3 is 14.8 Å². The first kappa shape index (κ1) is 20.5. The van der Waals surface area contributed by atoms with Gasteiger partial charge in [0, 0.05) is 49.6 Å². The monoisotopic (exact) mass is 403 g/mol. The summed E-state index contributed by atoms with van der Waals surface area (Å²) in [4.78, 5) is 34.8. The highest BCUT2D eigenvalue weighted by Gasteiger charge is 2.25. The number of carbonyl (C=O) groups is 2. The molecule has 2 aromatic rings. The van der Waals surface area contributed by atoms with Crippen molar-refractivity contribution in [3.8, 4) is 0 Å². The first-order valence-electron chi connectivity index (χ1n) is 9.70. The minimum atomic E-state index is -0.157. The van der Waals surface area contributed by atoms with Crippen LogP contribution >= 0.6 is 11.3 Å². The Morgan fingerprint density at radius 2 is 2.07 bits per heavy atom. The van der Waals surface area contributed by atoms with Crippen molar-refractivity contribution >= 4 is 23.2 Å². The second-order valence-electron chi connectivity index (χ2n) is 7.54. The van der Waals surface area contributed by atoms with Crippen LogP contribution in [0.15, 0.2) is 17.5 Å². The number of nitrogens with one attached hydrogen (secondary N) is 1. The molecule has 1 aliphatic heterocycles. The molecule has 0 atom stereocenters. The maximum Gasteiger partial charge on any atom is 0.287 e. The summed E-state index contributed by atoms with van der Waals surface area (Å²) in [6.45, 7) is 6.41. The number of hydrogen-bond acceptors (Lipinski definition) is 5. The van der Waals surface area contributed by atoms with Gasteiger partial charge >= 0.3 is 0 Å². The number of carbonyl (C=O) groups excluding carboxylic acids is 2. The Kier molecular flexibility index (Phi) is 6.51. The average Bonchev–Trinajstić information content (AvgIpc) is 3.22. The van der Waals surface area contributed by atoms with E-state index in [1.54, 1.807) is 11.3 Å². The number of amides is 2. The number of rotatable bonds is 6. The molecule has 2 aromatic heterocycles. The highest BCUT2D eigenvalue weighted by molar-refractivity contribution is 7.09.